The molecule has 6 heteroatoms. The number of thiol groups is 1. The summed E-state index contributed by atoms with van der Waals surface area (Å²) in [6.45, 7) is 1.69. The fourth-order valence-corrected chi connectivity index (χ4v) is 3.75. The fraction of sp³-hybridized carbons (Fsp3) is 0.222. The summed E-state index contributed by atoms with van der Waals surface area (Å²) in [5, 5.41) is 24.6. The van der Waals surface area contributed by atoms with Gasteiger partial charge in [0.25, 0.3) is 0 Å². The van der Waals surface area contributed by atoms with Crippen LogP contribution in [0.5, 0.6) is 0 Å². The molecular formula is C18H17ClN3OS+. The van der Waals surface area contributed by atoms with Gasteiger partial charge in [-0.3, -0.25) is 0 Å². The molecule has 1 aromatic carbocycles. The smallest absolute Gasteiger partial charge is 0.216 e. The van der Waals surface area contributed by atoms with Crippen molar-refractivity contribution in [3.8, 4) is 6.07 Å². The van der Waals surface area contributed by atoms with E-state index in [4.69, 9.17) is 11.6 Å². The van der Waals surface area contributed by atoms with Gasteiger partial charge in [0.2, 0.25) is 6.04 Å². The van der Waals surface area contributed by atoms with E-state index in [-0.39, 0.29) is 5.92 Å². The van der Waals surface area contributed by atoms with Gasteiger partial charge in [-0.05, 0) is 24.6 Å². The number of allylic oxidation sites excluding steroid dienone is 1. The van der Waals surface area contributed by atoms with E-state index in [1.165, 1.54) is 0 Å². The van der Waals surface area contributed by atoms with Gasteiger partial charge in [0.1, 0.15) is 0 Å². The summed E-state index contributed by atoms with van der Waals surface area (Å²) in [5.74, 6) is -0.358. The molecule has 0 radical (unpaired) electrons. The summed E-state index contributed by atoms with van der Waals surface area (Å²) >= 11 is 10.4. The van der Waals surface area contributed by atoms with Crippen molar-refractivity contribution in [2.24, 2.45) is 0 Å². The van der Waals surface area contributed by atoms with Gasteiger partial charge in [-0.25, -0.2) is 0 Å². The molecule has 2 heterocycles. The van der Waals surface area contributed by atoms with Crippen molar-refractivity contribution >= 4 is 24.2 Å². The molecule has 2 unspecified atom stereocenters. The Kier molecular flexibility index (Phi) is 4.55. The van der Waals surface area contributed by atoms with E-state index in [1.54, 1.807) is 19.1 Å². The molecule has 24 heavy (non-hydrogen) atoms. The molecule has 2 aromatic rings. The summed E-state index contributed by atoms with van der Waals surface area (Å²) in [6.07, 6.45) is 3.75. The summed E-state index contributed by atoms with van der Waals surface area (Å²) in [4.78, 5) is 0. The maximum atomic E-state index is 11.0. The predicted molar refractivity (Wildman–Crippen MR) is 95.3 cm³/mol. The second kappa shape index (κ2) is 6.48. The van der Waals surface area contributed by atoms with Gasteiger partial charge in [-0.1, -0.05) is 29.8 Å². The molecule has 4 nitrogen and oxygen atoms in total. The number of aliphatic hydroxyl groups is 1. The summed E-state index contributed by atoms with van der Waals surface area (Å²) in [5.41, 5.74) is 0.0903. The molecule has 0 saturated heterocycles. The van der Waals surface area contributed by atoms with Crippen LogP contribution in [0.4, 0.5) is 0 Å². The topological polar surface area (TPSA) is 59.9 Å². The van der Waals surface area contributed by atoms with Gasteiger partial charge < -0.3 is 10.4 Å². The second-order valence-electron chi connectivity index (χ2n) is 5.94. The Morgan fingerprint density at radius 3 is 2.46 bits per heavy atom. The number of nitrogens with zero attached hydrogens (tertiary/aromatic N) is 2. The van der Waals surface area contributed by atoms with E-state index in [0.29, 0.717) is 15.6 Å². The normalized spacial score (nSPS) is 26.6. The SMILES string of the molecule is C[C@]1(O)NC(S)=C(C#N)C(c2ccc(Cl)cc2)C1[n+]1ccccc1. The molecule has 3 atom stereocenters. The molecule has 0 fully saturated rings. The van der Waals surface area contributed by atoms with Gasteiger partial charge in [-0.2, -0.15) is 9.83 Å². The van der Waals surface area contributed by atoms with E-state index in [0.717, 1.165) is 5.56 Å². The minimum absolute atomic E-state index is 0.358. The maximum absolute atomic E-state index is 11.0. The predicted octanol–water partition coefficient (Wildman–Crippen LogP) is 2.93. The third kappa shape index (κ3) is 3.01. The van der Waals surface area contributed by atoms with E-state index >= 15 is 0 Å². The zero-order valence-electron chi connectivity index (χ0n) is 13.0. The van der Waals surface area contributed by atoms with Crippen molar-refractivity contribution in [1.82, 2.24) is 5.32 Å². The largest absolute Gasteiger partial charge is 0.366 e. The second-order valence-corrected chi connectivity index (χ2v) is 6.83. The minimum atomic E-state index is -1.28. The van der Waals surface area contributed by atoms with Crippen LogP contribution in [0, 0.1) is 11.3 Å². The van der Waals surface area contributed by atoms with E-state index in [1.807, 2.05) is 47.3 Å². The molecule has 0 saturated carbocycles. The lowest BCUT2D eigenvalue weighted by molar-refractivity contribution is -0.741. The van der Waals surface area contributed by atoms with Crippen molar-refractivity contribution in [2.75, 3.05) is 0 Å². The average Bonchev–Trinajstić information content (AvgIpc) is 2.55. The molecule has 3 rings (SSSR count). The van der Waals surface area contributed by atoms with Crippen molar-refractivity contribution in [3.63, 3.8) is 0 Å². The molecule has 1 aliphatic heterocycles. The number of nitrogens with one attached hydrogen (secondary N) is 1. The van der Waals surface area contributed by atoms with Gasteiger partial charge in [-0.15, -0.1) is 12.6 Å². The highest BCUT2D eigenvalue weighted by Gasteiger charge is 2.51. The Morgan fingerprint density at radius 2 is 1.88 bits per heavy atom. The molecule has 2 N–H and O–H groups in total. The molecule has 1 aliphatic rings. The number of halogens is 1. The highest BCUT2D eigenvalue weighted by Crippen LogP contribution is 2.43. The lowest BCUT2D eigenvalue weighted by atomic mass is 9.78. The van der Waals surface area contributed by atoms with Gasteiger partial charge in [0, 0.05) is 17.2 Å². The fourth-order valence-electron chi connectivity index (χ4n) is 3.21. The van der Waals surface area contributed by atoms with E-state index in [9.17, 15) is 10.4 Å². The highest BCUT2D eigenvalue weighted by atomic mass is 35.5. The quantitative estimate of drug-likeness (QED) is 0.571. The van der Waals surface area contributed by atoms with Crippen LogP contribution in [0.25, 0.3) is 0 Å². The summed E-state index contributed by atoms with van der Waals surface area (Å²) < 4.78 is 1.91. The first-order valence-corrected chi connectivity index (χ1v) is 8.31. The van der Waals surface area contributed by atoms with E-state index in [2.05, 4.69) is 24.0 Å². The molecular weight excluding hydrogens is 342 g/mol. The first kappa shape index (κ1) is 16.8. The zero-order chi connectivity index (χ0) is 17.3. The summed E-state index contributed by atoms with van der Waals surface area (Å²) in [6, 6.07) is 14.8. The molecule has 0 aliphatic carbocycles. The number of pyridine rings is 1. The van der Waals surface area contributed by atoms with E-state index < -0.39 is 11.8 Å². The van der Waals surface area contributed by atoms with Gasteiger partial charge >= 0.3 is 0 Å². The Hall–Kier alpha value is -2.00. The Labute approximate surface area is 151 Å². The minimum Gasteiger partial charge on any atom is -0.366 e. The van der Waals surface area contributed by atoms with Crippen LogP contribution in [-0.4, -0.2) is 10.8 Å². The standard InChI is InChI=1S/C18H16ClN3OS/c1-18(23)16(22-9-3-2-4-10-22)15(14(11-20)17(24)21-18)12-5-7-13(19)8-6-12/h2-10,15-16,21,23H,1H3/p+1/t15?,16?,18-/m1/s1. The van der Waals surface area contributed by atoms with Crippen molar-refractivity contribution < 1.29 is 9.67 Å². The monoisotopic (exact) mass is 358 g/mol. The highest BCUT2D eigenvalue weighted by molar-refractivity contribution is 7.84. The van der Waals surface area contributed by atoms with Gasteiger partial charge in [0.05, 0.1) is 22.6 Å². The summed E-state index contributed by atoms with van der Waals surface area (Å²) in [7, 11) is 0. The lowest BCUT2D eigenvalue weighted by Gasteiger charge is -2.39. The molecule has 0 amide bonds. The number of nitriles is 1. The third-order valence-corrected chi connectivity index (χ3v) is 4.84. The molecule has 0 bridgehead atoms. The molecule has 0 spiro atoms. The van der Waals surface area contributed by atoms with Crippen LogP contribution in [0.15, 0.2) is 65.5 Å². The average molecular weight is 359 g/mol. The number of hydrogen-bond donors (Lipinski definition) is 3. The molecule has 1 aromatic heterocycles. The third-order valence-electron chi connectivity index (χ3n) is 4.24. The van der Waals surface area contributed by atoms with Crippen LogP contribution < -0.4 is 9.88 Å². The first-order chi connectivity index (χ1) is 11.4. The van der Waals surface area contributed by atoms with Crippen molar-refractivity contribution in [1.29, 1.82) is 5.26 Å². The van der Waals surface area contributed by atoms with Crippen molar-refractivity contribution in [3.05, 3.63) is 76.0 Å². The maximum Gasteiger partial charge on any atom is 0.216 e. The van der Waals surface area contributed by atoms with Crippen LogP contribution in [-0.2, 0) is 0 Å². The number of hydrogen-bond acceptors (Lipinski definition) is 4. The zero-order valence-corrected chi connectivity index (χ0v) is 14.7. The molecule has 122 valence electrons. The Morgan fingerprint density at radius 1 is 1.25 bits per heavy atom. The van der Waals surface area contributed by atoms with Crippen molar-refractivity contribution in [2.45, 2.75) is 24.6 Å². The van der Waals surface area contributed by atoms with Crippen LogP contribution in [0.3, 0.4) is 0 Å². The van der Waals surface area contributed by atoms with Crippen LogP contribution in [0.2, 0.25) is 5.02 Å². The Balaban J connectivity index is 2.22. The Bertz CT molecular complexity index is 812. The van der Waals surface area contributed by atoms with Gasteiger partial charge in [0.15, 0.2) is 18.1 Å². The lowest BCUT2D eigenvalue weighted by Crippen LogP contribution is -2.62. The number of benzene rings is 1. The van der Waals surface area contributed by atoms with Crippen LogP contribution in [0.1, 0.15) is 24.4 Å². The first-order valence-electron chi connectivity index (χ1n) is 7.49. The number of rotatable bonds is 2. The number of aromatic nitrogens is 1. The van der Waals surface area contributed by atoms with Crippen LogP contribution >= 0.6 is 24.2 Å².